The number of benzene rings is 1. The first-order valence-electron chi connectivity index (χ1n) is 4.76. The van der Waals surface area contributed by atoms with E-state index in [-0.39, 0.29) is 0 Å². The molecule has 0 saturated carbocycles. The number of amides is 1. The zero-order chi connectivity index (χ0) is 12.1. The van der Waals surface area contributed by atoms with E-state index in [4.69, 9.17) is 5.11 Å². The van der Waals surface area contributed by atoms with Crippen LogP contribution in [0, 0.1) is 0 Å². The minimum absolute atomic E-state index is 0.546. The van der Waals surface area contributed by atoms with Crippen molar-refractivity contribution in [2.45, 2.75) is 18.9 Å². The maximum Gasteiger partial charge on any atom is 0.405 e. The highest BCUT2D eigenvalue weighted by Gasteiger charge is 2.27. The van der Waals surface area contributed by atoms with Gasteiger partial charge in [-0.1, -0.05) is 37.3 Å². The van der Waals surface area contributed by atoms with Crippen LogP contribution in [0.1, 0.15) is 18.4 Å². The molecule has 0 spiro atoms. The molecule has 0 bridgehead atoms. The van der Waals surface area contributed by atoms with E-state index in [1.165, 1.54) is 0 Å². The van der Waals surface area contributed by atoms with Crippen LogP contribution in [0.15, 0.2) is 30.3 Å². The second kappa shape index (κ2) is 5.25. The summed E-state index contributed by atoms with van der Waals surface area (Å²) in [7, 11) is 0. The molecule has 0 aliphatic rings. The van der Waals surface area contributed by atoms with E-state index < -0.39 is 24.1 Å². The van der Waals surface area contributed by atoms with E-state index in [9.17, 15) is 14.0 Å². The van der Waals surface area contributed by atoms with E-state index >= 15 is 0 Å². The SMILES string of the molecule is C[C@H](c1ccccc1)[C@H](NC(=O)O)C(=O)F. The van der Waals surface area contributed by atoms with Crippen LogP contribution in [-0.4, -0.2) is 23.3 Å². The summed E-state index contributed by atoms with van der Waals surface area (Å²) in [4.78, 5) is 21.1. The maximum atomic E-state index is 12.7. The van der Waals surface area contributed by atoms with Crippen molar-refractivity contribution < 1.29 is 19.1 Å². The molecule has 0 saturated heterocycles. The first-order chi connectivity index (χ1) is 7.52. The fourth-order valence-electron chi connectivity index (χ4n) is 1.46. The van der Waals surface area contributed by atoms with Crippen molar-refractivity contribution in [3.05, 3.63) is 35.9 Å². The van der Waals surface area contributed by atoms with Crippen LogP contribution in [0.25, 0.3) is 0 Å². The molecule has 0 unspecified atom stereocenters. The van der Waals surface area contributed by atoms with E-state index in [1.807, 2.05) is 5.32 Å². The number of hydrogen-bond acceptors (Lipinski definition) is 2. The van der Waals surface area contributed by atoms with Gasteiger partial charge in [0, 0.05) is 5.92 Å². The van der Waals surface area contributed by atoms with Gasteiger partial charge < -0.3 is 10.4 Å². The van der Waals surface area contributed by atoms with Crippen molar-refractivity contribution in [1.82, 2.24) is 5.32 Å². The highest BCUT2D eigenvalue weighted by atomic mass is 19.1. The largest absolute Gasteiger partial charge is 0.465 e. The first kappa shape index (κ1) is 12.2. The van der Waals surface area contributed by atoms with Gasteiger partial charge in [0.1, 0.15) is 6.04 Å². The van der Waals surface area contributed by atoms with Crippen LogP contribution < -0.4 is 5.32 Å². The van der Waals surface area contributed by atoms with Crippen LogP contribution in [0.4, 0.5) is 9.18 Å². The zero-order valence-corrected chi connectivity index (χ0v) is 8.68. The number of halogens is 1. The predicted octanol–water partition coefficient (Wildman–Crippen LogP) is 1.92. The molecule has 0 aliphatic carbocycles. The van der Waals surface area contributed by atoms with Crippen molar-refractivity contribution >= 4 is 12.1 Å². The highest BCUT2D eigenvalue weighted by molar-refractivity contribution is 5.80. The Hall–Kier alpha value is -1.91. The van der Waals surface area contributed by atoms with E-state index in [0.717, 1.165) is 0 Å². The molecule has 0 aliphatic heterocycles. The van der Waals surface area contributed by atoms with Gasteiger partial charge in [-0.2, -0.15) is 4.39 Å². The van der Waals surface area contributed by atoms with Crippen LogP contribution >= 0.6 is 0 Å². The predicted molar refractivity (Wildman–Crippen MR) is 55.9 cm³/mol. The number of rotatable bonds is 4. The minimum Gasteiger partial charge on any atom is -0.465 e. The van der Waals surface area contributed by atoms with Gasteiger partial charge in [-0.3, -0.25) is 4.79 Å². The molecule has 5 heteroatoms. The van der Waals surface area contributed by atoms with Crippen molar-refractivity contribution in [3.8, 4) is 0 Å². The molecule has 0 aromatic heterocycles. The van der Waals surface area contributed by atoms with Crippen molar-refractivity contribution in [2.24, 2.45) is 0 Å². The second-order valence-electron chi connectivity index (χ2n) is 3.43. The fraction of sp³-hybridized carbons (Fsp3) is 0.273. The van der Waals surface area contributed by atoms with E-state index in [1.54, 1.807) is 37.3 Å². The zero-order valence-electron chi connectivity index (χ0n) is 8.68. The van der Waals surface area contributed by atoms with Crippen molar-refractivity contribution in [3.63, 3.8) is 0 Å². The van der Waals surface area contributed by atoms with Gasteiger partial charge in [0.2, 0.25) is 0 Å². The van der Waals surface area contributed by atoms with Crippen molar-refractivity contribution in [2.75, 3.05) is 0 Å². The van der Waals surface area contributed by atoms with Gasteiger partial charge in [-0.25, -0.2) is 4.79 Å². The minimum atomic E-state index is -1.68. The molecule has 86 valence electrons. The standard InChI is InChI=1S/C11H12FNO3/c1-7(8-5-3-2-4-6-8)9(10(12)14)13-11(15)16/h2-7,9,13H,1H3,(H,15,16)/t7-,9+/m1/s1. The van der Waals surface area contributed by atoms with Crippen LogP contribution in [0.2, 0.25) is 0 Å². The van der Waals surface area contributed by atoms with Gasteiger partial charge in [0.05, 0.1) is 0 Å². The third-order valence-corrected chi connectivity index (χ3v) is 2.35. The molecule has 1 aromatic rings. The average Bonchev–Trinajstić information content (AvgIpc) is 2.25. The van der Waals surface area contributed by atoms with Crippen LogP contribution in [-0.2, 0) is 4.79 Å². The lowest BCUT2D eigenvalue weighted by atomic mass is 9.94. The lowest BCUT2D eigenvalue weighted by molar-refractivity contribution is -0.131. The van der Waals surface area contributed by atoms with Crippen molar-refractivity contribution in [1.29, 1.82) is 0 Å². The Bertz CT molecular complexity index is 380. The summed E-state index contributed by atoms with van der Waals surface area (Å²) in [6, 6.07) is 5.65. The summed E-state index contributed by atoms with van der Waals surface area (Å²) in [5.41, 5.74) is 0.701. The molecule has 4 nitrogen and oxygen atoms in total. The topological polar surface area (TPSA) is 66.4 Å². The molecule has 0 heterocycles. The highest BCUT2D eigenvalue weighted by Crippen LogP contribution is 2.19. The second-order valence-corrected chi connectivity index (χ2v) is 3.43. The fourth-order valence-corrected chi connectivity index (χ4v) is 1.46. The Balaban J connectivity index is 2.87. The lowest BCUT2D eigenvalue weighted by Gasteiger charge is -2.19. The summed E-state index contributed by atoms with van der Waals surface area (Å²) in [5.74, 6) is -0.546. The Labute approximate surface area is 92.1 Å². The number of carboxylic acid groups (broad SMARTS) is 1. The Morgan fingerprint density at radius 1 is 1.31 bits per heavy atom. The number of hydrogen-bond donors (Lipinski definition) is 2. The first-order valence-corrected chi connectivity index (χ1v) is 4.76. The lowest BCUT2D eigenvalue weighted by Crippen LogP contribution is -2.42. The van der Waals surface area contributed by atoms with E-state index in [0.29, 0.717) is 5.56 Å². The molecule has 1 rings (SSSR count). The van der Waals surface area contributed by atoms with Crippen LogP contribution in [0.5, 0.6) is 0 Å². The third kappa shape index (κ3) is 3.05. The Morgan fingerprint density at radius 2 is 1.88 bits per heavy atom. The molecule has 0 radical (unpaired) electrons. The molecule has 1 amide bonds. The summed E-state index contributed by atoms with van der Waals surface area (Å²) in [6.45, 7) is 1.59. The molecule has 0 fully saturated rings. The molecule has 1 aromatic carbocycles. The Morgan fingerprint density at radius 3 is 2.31 bits per heavy atom. The number of nitrogens with one attached hydrogen (secondary N) is 1. The summed E-state index contributed by atoms with van der Waals surface area (Å²) in [5, 5.41) is 10.4. The average molecular weight is 225 g/mol. The molecule has 2 atom stereocenters. The van der Waals surface area contributed by atoms with Gasteiger partial charge in [0.25, 0.3) is 0 Å². The van der Waals surface area contributed by atoms with Gasteiger partial charge in [-0.05, 0) is 5.56 Å². The number of carbonyl (C=O) groups excluding carboxylic acids is 1. The smallest absolute Gasteiger partial charge is 0.405 e. The van der Waals surface area contributed by atoms with Gasteiger partial charge in [0.15, 0.2) is 0 Å². The van der Waals surface area contributed by atoms with Gasteiger partial charge >= 0.3 is 12.1 Å². The summed E-state index contributed by atoms with van der Waals surface area (Å²) >= 11 is 0. The molecule has 16 heavy (non-hydrogen) atoms. The maximum absolute atomic E-state index is 12.7. The summed E-state index contributed by atoms with van der Waals surface area (Å²) < 4.78 is 12.7. The third-order valence-electron chi connectivity index (χ3n) is 2.35. The summed E-state index contributed by atoms with van der Waals surface area (Å²) in [6.07, 6.45) is -1.42. The molecular weight excluding hydrogens is 213 g/mol. The molecular formula is C11H12FNO3. The number of carbonyl (C=O) groups is 2. The normalized spacial score (nSPS) is 13.9. The Kier molecular flexibility index (Phi) is 3.99. The van der Waals surface area contributed by atoms with Crippen LogP contribution in [0.3, 0.4) is 0 Å². The van der Waals surface area contributed by atoms with Gasteiger partial charge in [-0.15, -0.1) is 0 Å². The monoisotopic (exact) mass is 225 g/mol. The van der Waals surface area contributed by atoms with E-state index in [2.05, 4.69) is 0 Å². The quantitative estimate of drug-likeness (QED) is 0.769. The molecule has 2 N–H and O–H groups in total.